The summed E-state index contributed by atoms with van der Waals surface area (Å²) in [5, 5.41) is 0. The number of alkyl halides is 1. The molecule has 0 radical (unpaired) electrons. The zero-order chi connectivity index (χ0) is 25.3. The molecule has 0 saturated heterocycles. The second-order valence-corrected chi connectivity index (χ2v) is 9.42. The fraction of sp³-hybridized carbons (Fsp3) is 0.207. The molecule has 0 fully saturated rings. The lowest BCUT2D eigenvalue weighted by Crippen LogP contribution is -2.44. The van der Waals surface area contributed by atoms with Gasteiger partial charge in [-0.15, -0.1) is 11.6 Å². The topological polar surface area (TPSA) is 3.88 Å². The van der Waals surface area contributed by atoms with Crippen molar-refractivity contribution in [3.05, 3.63) is 101 Å². The average Bonchev–Trinajstić information content (AvgIpc) is 2.87. The summed E-state index contributed by atoms with van der Waals surface area (Å²) in [6.45, 7) is 0.823. The highest BCUT2D eigenvalue weighted by Gasteiger charge is 2.37. The third kappa shape index (κ3) is 4.79. The van der Waals surface area contributed by atoms with Crippen molar-refractivity contribution in [3.63, 3.8) is 0 Å². The fourth-order valence-corrected chi connectivity index (χ4v) is 5.85. The number of rotatable bonds is 3. The van der Waals surface area contributed by atoms with Crippen LogP contribution in [0.5, 0.6) is 0 Å². The molecule has 0 amide bonds. The monoisotopic (exact) mass is 509 g/mol. The number of hydrogen-bond acceptors (Lipinski definition) is 0. The number of aryl methyl sites for hydroxylation is 2. The summed E-state index contributed by atoms with van der Waals surface area (Å²) < 4.78 is 41.5. The van der Waals surface area contributed by atoms with E-state index in [1.807, 2.05) is 0 Å². The Kier molecular flexibility index (Phi) is 6.89. The van der Waals surface area contributed by atoms with E-state index in [1.165, 1.54) is 55.9 Å². The summed E-state index contributed by atoms with van der Waals surface area (Å²) >= 11 is 6.41. The minimum absolute atomic E-state index is 0.610. The number of pyridine rings is 1. The van der Waals surface area contributed by atoms with Crippen molar-refractivity contribution < 1.29 is 21.8 Å². The van der Waals surface area contributed by atoms with Gasteiger partial charge in [0.25, 0.3) is 0 Å². The van der Waals surface area contributed by atoms with Crippen LogP contribution >= 0.6 is 11.6 Å². The van der Waals surface area contributed by atoms with Gasteiger partial charge in [-0.3, -0.25) is 0 Å². The van der Waals surface area contributed by atoms with Gasteiger partial charge < -0.3 is 17.3 Å². The highest BCUT2D eigenvalue weighted by molar-refractivity contribution is 6.50. The van der Waals surface area contributed by atoms with Gasteiger partial charge in [0.2, 0.25) is 11.4 Å². The second-order valence-electron chi connectivity index (χ2n) is 9.05. The molecule has 7 heteroatoms. The third-order valence-electron chi connectivity index (χ3n) is 6.92. The molecule has 0 aliphatic heterocycles. The van der Waals surface area contributed by atoms with Crippen LogP contribution in [0.4, 0.5) is 17.3 Å². The molecular formula is C29H25BClF4N. The Morgan fingerprint density at radius 1 is 0.639 bits per heavy atom. The Bertz CT molecular complexity index is 1320. The van der Waals surface area contributed by atoms with Gasteiger partial charge in [-0.2, -0.15) is 4.57 Å². The van der Waals surface area contributed by atoms with Crippen LogP contribution in [0.25, 0.3) is 33.6 Å². The van der Waals surface area contributed by atoms with E-state index < -0.39 is 7.25 Å². The maximum Gasteiger partial charge on any atom is 0.673 e. The molecule has 0 atom stereocenters. The van der Waals surface area contributed by atoms with Crippen molar-refractivity contribution in [3.8, 4) is 33.6 Å². The van der Waals surface area contributed by atoms with Gasteiger partial charge in [0.1, 0.15) is 0 Å². The Hall–Kier alpha value is -3.12. The van der Waals surface area contributed by atoms with Crippen LogP contribution in [0.1, 0.15) is 22.3 Å². The molecule has 0 bridgehead atoms. The molecular weight excluding hydrogens is 485 g/mol. The number of benzene rings is 3. The van der Waals surface area contributed by atoms with E-state index in [-0.39, 0.29) is 0 Å². The quantitative estimate of drug-likeness (QED) is 0.115. The number of aromatic nitrogens is 1. The average molecular weight is 510 g/mol. The van der Waals surface area contributed by atoms with Gasteiger partial charge in [0.05, 0.1) is 5.88 Å². The van der Waals surface area contributed by atoms with Crippen LogP contribution in [0.2, 0.25) is 0 Å². The number of halogens is 5. The summed E-state index contributed by atoms with van der Waals surface area (Å²) in [5.41, 5.74) is 14.2. The van der Waals surface area contributed by atoms with Gasteiger partial charge >= 0.3 is 7.25 Å². The van der Waals surface area contributed by atoms with Crippen molar-refractivity contribution in [2.75, 3.05) is 5.88 Å². The molecule has 36 heavy (non-hydrogen) atoms. The van der Waals surface area contributed by atoms with E-state index in [9.17, 15) is 17.3 Å². The summed E-state index contributed by atoms with van der Waals surface area (Å²) in [6.07, 6.45) is 4.35. The first-order valence-electron chi connectivity index (χ1n) is 12.1. The molecule has 0 N–H and O–H groups in total. The third-order valence-corrected chi connectivity index (χ3v) is 7.09. The van der Waals surface area contributed by atoms with Crippen molar-refractivity contribution in [1.82, 2.24) is 0 Å². The standard InChI is InChI=1S/C29H25ClN.BF4/c30-18-19-31-28-23-12-6-4-8-20(23)14-16-25(28)27(22-10-2-1-3-11-22)26-17-15-21-9-5-7-13-24(21)29(26)31;2-1(3,4)5/h1-13H,14-19H2;/q+1;-1. The molecule has 1 nitrogen and oxygen atoms in total. The molecule has 6 rings (SSSR count). The molecule has 2 aliphatic carbocycles. The second kappa shape index (κ2) is 10.1. The molecule has 184 valence electrons. The highest BCUT2D eigenvalue weighted by Crippen LogP contribution is 2.44. The highest BCUT2D eigenvalue weighted by atomic mass is 35.5. The zero-order valence-electron chi connectivity index (χ0n) is 19.7. The summed E-state index contributed by atoms with van der Waals surface area (Å²) in [5.74, 6) is 0.610. The van der Waals surface area contributed by atoms with Gasteiger partial charge in [-0.25, -0.2) is 0 Å². The maximum atomic E-state index is 9.75. The lowest BCUT2D eigenvalue weighted by Gasteiger charge is -2.28. The van der Waals surface area contributed by atoms with Crippen molar-refractivity contribution in [2.24, 2.45) is 0 Å². The van der Waals surface area contributed by atoms with Crippen molar-refractivity contribution in [2.45, 2.75) is 32.2 Å². The summed E-state index contributed by atoms with van der Waals surface area (Å²) in [7, 11) is -6.00. The van der Waals surface area contributed by atoms with E-state index in [4.69, 9.17) is 11.6 Å². The predicted molar refractivity (Wildman–Crippen MR) is 139 cm³/mol. The van der Waals surface area contributed by atoms with Gasteiger partial charge in [-0.05, 0) is 54.5 Å². The van der Waals surface area contributed by atoms with Crippen LogP contribution in [0, 0.1) is 0 Å². The largest absolute Gasteiger partial charge is 0.673 e. The van der Waals surface area contributed by atoms with Crippen molar-refractivity contribution in [1.29, 1.82) is 0 Å². The normalized spacial score (nSPS) is 13.5. The Morgan fingerprint density at radius 3 is 1.56 bits per heavy atom. The van der Waals surface area contributed by atoms with Crippen LogP contribution < -0.4 is 4.57 Å². The lowest BCUT2D eigenvalue weighted by molar-refractivity contribution is -0.671. The van der Waals surface area contributed by atoms with E-state index in [0.717, 1.165) is 32.2 Å². The zero-order valence-corrected chi connectivity index (χ0v) is 20.4. The Balaban J connectivity index is 0.000000489. The smallest absolute Gasteiger partial charge is 0.418 e. The van der Waals surface area contributed by atoms with Gasteiger partial charge in [0, 0.05) is 27.8 Å². The molecule has 4 aromatic rings. The van der Waals surface area contributed by atoms with E-state index in [2.05, 4.69) is 83.4 Å². The van der Waals surface area contributed by atoms with Crippen LogP contribution in [-0.4, -0.2) is 13.1 Å². The minimum atomic E-state index is -6.00. The van der Waals surface area contributed by atoms with E-state index >= 15 is 0 Å². The van der Waals surface area contributed by atoms with Crippen molar-refractivity contribution >= 4 is 18.9 Å². The predicted octanol–water partition coefficient (Wildman–Crippen LogP) is 7.71. The van der Waals surface area contributed by atoms with Crippen LogP contribution in [0.15, 0.2) is 78.9 Å². The number of hydrogen-bond donors (Lipinski definition) is 0. The molecule has 0 spiro atoms. The van der Waals surface area contributed by atoms with E-state index in [1.54, 1.807) is 0 Å². The first-order valence-corrected chi connectivity index (χ1v) is 12.7. The Morgan fingerprint density at radius 2 is 1.08 bits per heavy atom. The maximum absolute atomic E-state index is 9.75. The molecule has 2 aliphatic rings. The van der Waals surface area contributed by atoms with Crippen LogP contribution in [0.3, 0.4) is 0 Å². The SMILES string of the molecule is ClCC[n+]1c2c(c(-c3ccccc3)c3c1-c1ccccc1CC3)CCc1ccccc1-2.F[B-](F)(F)F. The molecule has 1 aromatic heterocycles. The summed E-state index contributed by atoms with van der Waals surface area (Å²) in [6, 6.07) is 28.9. The molecule has 1 heterocycles. The van der Waals surface area contributed by atoms with Gasteiger partial charge in [0.15, 0.2) is 6.54 Å². The van der Waals surface area contributed by atoms with Crippen LogP contribution in [-0.2, 0) is 32.2 Å². The minimum Gasteiger partial charge on any atom is -0.418 e. The van der Waals surface area contributed by atoms with Gasteiger partial charge in [-0.1, -0.05) is 66.7 Å². The fourth-order valence-electron chi connectivity index (χ4n) is 5.68. The number of nitrogens with zero attached hydrogens (tertiary/aromatic N) is 1. The first-order chi connectivity index (χ1) is 17.4. The van der Waals surface area contributed by atoms with E-state index in [0.29, 0.717) is 5.88 Å². The first kappa shape index (κ1) is 24.6. The lowest BCUT2D eigenvalue weighted by atomic mass is 9.77. The molecule has 0 saturated carbocycles. The number of fused-ring (bicyclic) bond motifs is 6. The summed E-state index contributed by atoms with van der Waals surface area (Å²) in [4.78, 5) is 0. The Labute approximate surface area is 213 Å². The molecule has 3 aromatic carbocycles. The molecule has 0 unspecified atom stereocenters.